The van der Waals surface area contributed by atoms with Gasteiger partial charge in [0.2, 0.25) is 0 Å². The maximum atomic E-state index is 14.6. The average Bonchev–Trinajstić information content (AvgIpc) is 3.62. The molecule has 0 unspecified atom stereocenters. The molecular weight excluding hydrogens is 445 g/mol. The number of carboxylic acid groups (broad SMARTS) is 1. The number of rotatable bonds is 5. The molecule has 3 N–H and O–H groups in total. The zero-order chi connectivity index (χ0) is 24.3. The summed E-state index contributed by atoms with van der Waals surface area (Å²) in [7, 11) is 0. The van der Waals surface area contributed by atoms with Crippen molar-refractivity contribution in [3.05, 3.63) is 88.8 Å². The number of aromatic amines is 2. The fourth-order valence-electron chi connectivity index (χ4n) is 5.21. The average molecular weight is 468 g/mol. The highest BCUT2D eigenvalue weighted by molar-refractivity contribution is 6.04. The first-order valence-corrected chi connectivity index (χ1v) is 11.4. The molecule has 0 bridgehead atoms. The fourth-order valence-corrected chi connectivity index (χ4v) is 5.21. The van der Waals surface area contributed by atoms with Gasteiger partial charge in [-0.05, 0) is 52.4 Å². The molecule has 35 heavy (non-hydrogen) atoms. The number of nitrogens with one attached hydrogen (secondary N) is 2. The van der Waals surface area contributed by atoms with Gasteiger partial charge in [0.15, 0.2) is 5.76 Å². The molecule has 2 aromatic carbocycles. The largest absolute Gasteiger partial charge is 0.477 e. The number of carbonyl (C=O) groups is 1. The van der Waals surface area contributed by atoms with Crippen molar-refractivity contribution < 1.29 is 18.8 Å². The summed E-state index contributed by atoms with van der Waals surface area (Å²) in [6.07, 6.45) is 6.08. The van der Waals surface area contributed by atoms with Crippen molar-refractivity contribution in [3.8, 4) is 22.4 Å². The maximum absolute atomic E-state index is 14.6. The molecular formula is C28H22FN3O3. The summed E-state index contributed by atoms with van der Waals surface area (Å²) in [4.78, 5) is 18.7. The number of hydrogen-bond donors (Lipinski definition) is 3. The SMILES string of the molecule is CC(C)c1c(-c2cc(F)cc3[nH]ccc23)[nH]c(C(=O)O)c1-c1cccc2c1C=C(c1ccno1)C2. The van der Waals surface area contributed by atoms with Crippen LogP contribution in [0.3, 0.4) is 0 Å². The van der Waals surface area contributed by atoms with Gasteiger partial charge in [-0.2, -0.15) is 0 Å². The van der Waals surface area contributed by atoms with Crippen LogP contribution in [-0.4, -0.2) is 26.2 Å². The Labute approximate surface area is 200 Å². The molecule has 0 saturated heterocycles. The van der Waals surface area contributed by atoms with Gasteiger partial charge in [-0.1, -0.05) is 37.2 Å². The van der Waals surface area contributed by atoms with E-state index in [1.165, 1.54) is 12.1 Å². The van der Waals surface area contributed by atoms with Crippen LogP contribution in [0.1, 0.15) is 52.7 Å². The quantitative estimate of drug-likeness (QED) is 0.263. The predicted octanol–water partition coefficient (Wildman–Crippen LogP) is 6.88. The Bertz CT molecular complexity index is 1640. The lowest BCUT2D eigenvalue weighted by molar-refractivity contribution is 0.0692. The summed E-state index contributed by atoms with van der Waals surface area (Å²) in [5, 5.41) is 14.9. The van der Waals surface area contributed by atoms with Gasteiger partial charge < -0.3 is 19.6 Å². The molecule has 3 aromatic heterocycles. The molecule has 1 aliphatic carbocycles. The molecule has 0 atom stereocenters. The number of aromatic carboxylic acids is 1. The Kier molecular flexibility index (Phi) is 4.74. The Morgan fingerprint density at radius 1 is 1.17 bits per heavy atom. The van der Waals surface area contributed by atoms with Crippen LogP contribution in [-0.2, 0) is 6.42 Å². The third-order valence-corrected chi connectivity index (χ3v) is 6.65. The van der Waals surface area contributed by atoms with Crippen LogP contribution in [0.2, 0.25) is 0 Å². The molecule has 0 fully saturated rings. The minimum absolute atomic E-state index is 0.0309. The Morgan fingerprint density at radius 3 is 2.77 bits per heavy atom. The number of H-pyrrole nitrogens is 2. The van der Waals surface area contributed by atoms with Crippen molar-refractivity contribution in [2.24, 2.45) is 0 Å². The molecule has 5 aromatic rings. The molecule has 6 rings (SSSR count). The van der Waals surface area contributed by atoms with Crippen LogP contribution in [0.4, 0.5) is 4.39 Å². The summed E-state index contributed by atoms with van der Waals surface area (Å²) in [6.45, 7) is 4.04. The topological polar surface area (TPSA) is 94.9 Å². The number of aromatic nitrogens is 3. The molecule has 174 valence electrons. The standard InChI is InChI=1S/C28H22FN3O3/c1-14(2)24-25(19-5-3-4-15-10-16(11-20(15)19)23-7-9-31-35-23)27(28(33)34)32-26(24)21-12-17(29)13-22-18(21)6-8-30-22/h3-9,11-14,30,32H,10H2,1-2H3,(H,33,34). The van der Waals surface area contributed by atoms with Gasteiger partial charge in [0, 0.05) is 46.3 Å². The van der Waals surface area contributed by atoms with Gasteiger partial charge >= 0.3 is 5.97 Å². The molecule has 0 radical (unpaired) electrons. The van der Waals surface area contributed by atoms with Crippen molar-refractivity contribution >= 4 is 28.5 Å². The first-order valence-electron chi connectivity index (χ1n) is 11.4. The van der Waals surface area contributed by atoms with Gasteiger partial charge in [-0.3, -0.25) is 0 Å². The Hall–Kier alpha value is -4.39. The lowest BCUT2D eigenvalue weighted by Crippen LogP contribution is -2.01. The van der Waals surface area contributed by atoms with Crippen LogP contribution in [0, 0.1) is 5.82 Å². The summed E-state index contributed by atoms with van der Waals surface area (Å²) < 4.78 is 19.9. The molecule has 0 aliphatic heterocycles. The maximum Gasteiger partial charge on any atom is 0.352 e. The predicted molar refractivity (Wildman–Crippen MR) is 133 cm³/mol. The van der Waals surface area contributed by atoms with Crippen molar-refractivity contribution in [3.63, 3.8) is 0 Å². The normalized spacial score (nSPS) is 13.0. The van der Waals surface area contributed by atoms with E-state index in [-0.39, 0.29) is 11.6 Å². The van der Waals surface area contributed by atoms with E-state index >= 15 is 0 Å². The third kappa shape index (κ3) is 3.31. The minimum atomic E-state index is -1.06. The Morgan fingerprint density at radius 2 is 2.03 bits per heavy atom. The second kappa shape index (κ2) is 7.84. The number of fused-ring (bicyclic) bond motifs is 2. The summed E-state index contributed by atoms with van der Waals surface area (Å²) in [5.74, 6) is -0.793. The van der Waals surface area contributed by atoms with Crippen molar-refractivity contribution in [1.82, 2.24) is 15.1 Å². The van der Waals surface area contributed by atoms with Crippen molar-refractivity contribution in [2.45, 2.75) is 26.2 Å². The molecule has 3 heterocycles. The van der Waals surface area contributed by atoms with E-state index in [0.717, 1.165) is 33.2 Å². The number of hydrogen-bond acceptors (Lipinski definition) is 3. The summed E-state index contributed by atoms with van der Waals surface area (Å²) in [5.41, 5.74) is 7.31. The first kappa shape index (κ1) is 21.2. The zero-order valence-electron chi connectivity index (χ0n) is 19.1. The molecule has 1 aliphatic rings. The van der Waals surface area contributed by atoms with Crippen molar-refractivity contribution in [1.29, 1.82) is 0 Å². The van der Waals surface area contributed by atoms with Gasteiger partial charge in [-0.15, -0.1) is 0 Å². The van der Waals surface area contributed by atoms with E-state index in [4.69, 9.17) is 4.52 Å². The van der Waals surface area contributed by atoms with E-state index in [2.05, 4.69) is 15.1 Å². The lowest BCUT2D eigenvalue weighted by atomic mass is 9.87. The van der Waals surface area contributed by atoms with Crippen LogP contribution < -0.4 is 0 Å². The first-order chi connectivity index (χ1) is 16.9. The Balaban J connectivity index is 1.64. The van der Waals surface area contributed by atoms with E-state index < -0.39 is 11.8 Å². The number of benzene rings is 2. The second-order valence-corrected chi connectivity index (χ2v) is 9.12. The molecule has 0 amide bonds. The highest BCUT2D eigenvalue weighted by Gasteiger charge is 2.29. The van der Waals surface area contributed by atoms with E-state index in [1.807, 2.05) is 50.3 Å². The van der Waals surface area contributed by atoms with Crippen LogP contribution in [0.15, 0.2) is 59.4 Å². The highest BCUT2D eigenvalue weighted by atomic mass is 19.1. The number of carboxylic acids is 1. The van der Waals surface area contributed by atoms with Crippen molar-refractivity contribution in [2.75, 3.05) is 0 Å². The van der Waals surface area contributed by atoms with Crippen LogP contribution in [0.5, 0.6) is 0 Å². The van der Waals surface area contributed by atoms with Gasteiger partial charge in [0.25, 0.3) is 0 Å². The molecule has 6 nitrogen and oxygen atoms in total. The molecule has 0 spiro atoms. The fraction of sp³-hybridized carbons (Fsp3) is 0.143. The summed E-state index contributed by atoms with van der Waals surface area (Å²) in [6, 6.07) is 12.5. The van der Waals surface area contributed by atoms with Crippen LogP contribution >= 0.6 is 0 Å². The zero-order valence-corrected chi connectivity index (χ0v) is 19.1. The second-order valence-electron chi connectivity index (χ2n) is 9.12. The number of nitrogens with zero attached hydrogens (tertiary/aromatic N) is 1. The highest BCUT2D eigenvalue weighted by Crippen LogP contribution is 2.45. The van der Waals surface area contributed by atoms with Gasteiger partial charge in [0.05, 0.1) is 11.9 Å². The minimum Gasteiger partial charge on any atom is -0.477 e. The number of allylic oxidation sites excluding steroid dienone is 1. The van der Waals surface area contributed by atoms with E-state index in [0.29, 0.717) is 34.5 Å². The molecule has 7 heteroatoms. The monoisotopic (exact) mass is 467 g/mol. The van der Waals surface area contributed by atoms with Gasteiger partial charge in [0.1, 0.15) is 11.5 Å². The van der Waals surface area contributed by atoms with E-state index in [1.54, 1.807) is 12.4 Å². The van der Waals surface area contributed by atoms with E-state index in [9.17, 15) is 14.3 Å². The third-order valence-electron chi connectivity index (χ3n) is 6.65. The summed E-state index contributed by atoms with van der Waals surface area (Å²) >= 11 is 0. The number of halogens is 1. The van der Waals surface area contributed by atoms with Crippen LogP contribution in [0.25, 0.3) is 44.9 Å². The van der Waals surface area contributed by atoms with Gasteiger partial charge in [-0.25, -0.2) is 9.18 Å². The lowest BCUT2D eigenvalue weighted by Gasteiger charge is -2.15. The molecule has 0 saturated carbocycles. The smallest absolute Gasteiger partial charge is 0.352 e.